The summed E-state index contributed by atoms with van der Waals surface area (Å²) in [6.07, 6.45) is 2.29. The van der Waals surface area contributed by atoms with E-state index < -0.39 is 9.76 Å². The molecule has 0 saturated heterocycles. The van der Waals surface area contributed by atoms with Gasteiger partial charge in [0, 0.05) is 6.61 Å². The third-order valence-electron chi connectivity index (χ3n) is 0.886. The van der Waals surface area contributed by atoms with Crippen LogP contribution in [0.5, 0.6) is 0 Å². The van der Waals surface area contributed by atoms with Gasteiger partial charge in [0.1, 0.15) is 4.46 Å². The summed E-state index contributed by atoms with van der Waals surface area (Å²) >= 11 is 10.9. The number of rotatable bonds is 5. The Labute approximate surface area is 68.6 Å². The van der Waals surface area contributed by atoms with E-state index in [1.807, 2.05) is 0 Å². The van der Waals surface area contributed by atoms with Crippen LogP contribution in [0.3, 0.4) is 0 Å². The molecule has 0 aromatic heterocycles. The molecule has 0 N–H and O–H groups in total. The van der Waals surface area contributed by atoms with E-state index >= 15 is 0 Å². The lowest BCUT2D eigenvalue weighted by Crippen LogP contribution is -2.07. The molecule has 56 valence electrons. The van der Waals surface area contributed by atoms with Crippen LogP contribution in [-0.4, -0.2) is 20.8 Å². The predicted molar refractivity (Wildman–Crippen MR) is 44.9 cm³/mol. The van der Waals surface area contributed by atoms with Gasteiger partial charge in [0.2, 0.25) is 0 Å². The molecule has 1 nitrogen and oxygen atoms in total. The average molecular weight is 187 g/mol. The van der Waals surface area contributed by atoms with Gasteiger partial charge in [0.25, 0.3) is 0 Å². The molecule has 0 atom stereocenters. The highest BCUT2D eigenvalue weighted by Gasteiger charge is 1.97. The lowest BCUT2D eigenvalue weighted by Gasteiger charge is -2.00. The van der Waals surface area contributed by atoms with E-state index in [1.54, 1.807) is 0 Å². The van der Waals surface area contributed by atoms with E-state index in [-0.39, 0.29) is 4.46 Å². The van der Waals surface area contributed by atoms with Gasteiger partial charge in [0.15, 0.2) is 9.76 Å². The Bertz CT molecular complexity index is 60.9. The monoisotopic (exact) mass is 186 g/mol. The van der Waals surface area contributed by atoms with Gasteiger partial charge in [-0.05, 0) is 6.42 Å². The summed E-state index contributed by atoms with van der Waals surface area (Å²) in [5.74, 6) is 0. The summed E-state index contributed by atoms with van der Waals surface area (Å²) in [7, 11) is -0.643. The number of halogens is 2. The Hall–Kier alpha value is 0.757. The highest BCUT2D eigenvalue weighted by atomic mass is 35.5. The van der Waals surface area contributed by atoms with Crippen LogP contribution in [-0.2, 0) is 4.43 Å². The zero-order valence-electron chi connectivity index (χ0n) is 5.57. The van der Waals surface area contributed by atoms with Crippen molar-refractivity contribution in [2.75, 3.05) is 6.61 Å². The summed E-state index contributed by atoms with van der Waals surface area (Å²) in [6.45, 7) is 2.96. The number of hydrogen-bond donors (Lipinski definition) is 0. The number of unbranched alkanes of at least 4 members (excludes halogenated alkanes) is 1. The molecule has 4 heteroatoms. The smallest absolute Gasteiger partial charge is 0.195 e. The standard InChI is InChI=1S/C5H12Cl2OSi/c1-2-3-4-8-9-5(6)7/h5H,2-4,9H2,1H3. The Balaban J connectivity index is 2.75. The molecule has 0 saturated carbocycles. The van der Waals surface area contributed by atoms with E-state index in [0.717, 1.165) is 13.0 Å². The minimum absolute atomic E-state index is 0.234. The van der Waals surface area contributed by atoms with Crippen molar-refractivity contribution in [1.29, 1.82) is 0 Å². The largest absolute Gasteiger partial charge is 0.421 e. The van der Waals surface area contributed by atoms with Crippen molar-refractivity contribution in [1.82, 2.24) is 0 Å². The van der Waals surface area contributed by atoms with E-state index in [9.17, 15) is 0 Å². The maximum Gasteiger partial charge on any atom is 0.195 e. The molecule has 0 unspecified atom stereocenters. The summed E-state index contributed by atoms with van der Waals surface area (Å²) in [4.78, 5) is 0. The maximum atomic E-state index is 5.46. The average Bonchev–Trinajstić information content (AvgIpc) is 1.80. The van der Waals surface area contributed by atoms with Crippen molar-refractivity contribution in [3.05, 3.63) is 0 Å². The van der Waals surface area contributed by atoms with Crippen molar-refractivity contribution in [3.63, 3.8) is 0 Å². The van der Waals surface area contributed by atoms with Crippen molar-refractivity contribution < 1.29 is 4.43 Å². The molecule has 9 heavy (non-hydrogen) atoms. The molecular weight excluding hydrogens is 175 g/mol. The fourth-order valence-corrected chi connectivity index (χ4v) is 1.50. The second kappa shape index (κ2) is 6.87. The zero-order chi connectivity index (χ0) is 7.11. The van der Waals surface area contributed by atoms with E-state index in [1.165, 1.54) is 6.42 Å². The lowest BCUT2D eigenvalue weighted by molar-refractivity contribution is 0.327. The molecule has 0 aliphatic heterocycles. The highest BCUT2D eigenvalue weighted by Crippen LogP contribution is 1.99. The first-order valence-electron chi connectivity index (χ1n) is 3.13. The van der Waals surface area contributed by atoms with Gasteiger partial charge >= 0.3 is 0 Å². The fraction of sp³-hybridized carbons (Fsp3) is 1.00. The first-order chi connectivity index (χ1) is 4.27. The maximum absolute atomic E-state index is 5.46. The second-order valence-corrected chi connectivity index (χ2v) is 5.69. The van der Waals surface area contributed by atoms with Crippen LogP contribution in [0.25, 0.3) is 0 Å². The topological polar surface area (TPSA) is 9.23 Å². The molecule has 0 amide bonds. The van der Waals surface area contributed by atoms with Crippen LogP contribution in [0.4, 0.5) is 0 Å². The van der Waals surface area contributed by atoms with Gasteiger partial charge in [-0.15, -0.1) is 23.2 Å². The predicted octanol–water partition coefficient (Wildman–Crippen LogP) is 1.65. The molecule has 0 radical (unpaired) electrons. The van der Waals surface area contributed by atoms with Gasteiger partial charge in [-0.25, -0.2) is 0 Å². The number of hydrogen-bond acceptors (Lipinski definition) is 1. The quantitative estimate of drug-likeness (QED) is 0.361. The highest BCUT2D eigenvalue weighted by molar-refractivity contribution is 6.65. The first-order valence-corrected chi connectivity index (χ1v) is 5.40. The van der Waals surface area contributed by atoms with E-state index in [2.05, 4.69) is 6.92 Å². The van der Waals surface area contributed by atoms with Crippen LogP contribution in [0, 0.1) is 0 Å². The van der Waals surface area contributed by atoms with Gasteiger partial charge in [-0.2, -0.15) is 0 Å². The summed E-state index contributed by atoms with van der Waals surface area (Å²) < 4.78 is 4.98. The molecule has 0 aromatic rings. The molecule has 0 heterocycles. The SMILES string of the molecule is CCCCO[SiH2]C(Cl)Cl. The Morgan fingerprint density at radius 2 is 2.22 bits per heavy atom. The normalized spacial score (nSPS) is 12.0. The van der Waals surface area contributed by atoms with E-state index in [0.29, 0.717) is 0 Å². The first kappa shape index (κ1) is 9.76. The van der Waals surface area contributed by atoms with Crippen LogP contribution >= 0.6 is 23.2 Å². The van der Waals surface area contributed by atoms with Gasteiger partial charge < -0.3 is 4.43 Å². The Kier molecular flexibility index (Phi) is 7.45. The van der Waals surface area contributed by atoms with Crippen LogP contribution in [0.2, 0.25) is 0 Å². The number of alkyl halides is 2. The lowest BCUT2D eigenvalue weighted by atomic mass is 10.4. The van der Waals surface area contributed by atoms with Crippen molar-refractivity contribution in [3.8, 4) is 0 Å². The third kappa shape index (κ3) is 8.76. The summed E-state index contributed by atoms with van der Waals surface area (Å²) in [5.41, 5.74) is 0. The van der Waals surface area contributed by atoms with Crippen molar-refractivity contribution in [2.24, 2.45) is 0 Å². The van der Waals surface area contributed by atoms with E-state index in [4.69, 9.17) is 27.6 Å². The van der Waals surface area contributed by atoms with Crippen LogP contribution in [0.15, 0.2) is 0 Å². The Morgan fingerprint density at radius 1 is 1.56 bits per heavy atom. The van der Waals surface area contributed by atoms with Crippen LogP contribution < -0.4 is 0 Å². The molecule has 0 spiro atoms. The molecule has 0 aliphatic rings. The Morgan fingerprint density at radius 3 is 2.67 bits per heavy atom. The summed E-state index contributed by atoms with van der Waals surface area (Å²) in [6, 6.07) is 0. The van der Waals surface area contributed by atoms with Crippen LogP contribution in [0.1, 0.15) is 19.8 Å². The summed E-state index contributed by atoms with van der Waals surface area (Å²) in [5, 5.41) is 0. The molecule has 0 bridgehead atoms. The minimum Gasteiger partial charge on any atom is -0.421 e. The van der Waals surface area contributed by atoms with Crippen molar-refractivity contribution in [2.45, 2.75) is 24.2 Å². The second-order valence-electron chi connectivity index (χ2n) is 1.82. The van der Waals surface area contributed by atoms with Crippen molar-refractivity contribution >= 4 is 33.0 Å². The van der Waals surface area contributed by atoms with Gasteiger partial charge in [-0.1, -0.05) is 13.3 Å². The zero-order valence-corrected chi connectivity index (χ0v) is 8.50. The van der Waals surface area contributed by atoms with Gasteiger partial charge in [0.05, 0.1) is 0 Å². The molecule has 0 aromatic carbocycles. The fourth-order valence-electron chi connectivity index (χ4n) is 0.419. The third-order valence-corrected chi connectivity index (χ3v) is 2.42. The molecule has 0 fully saturated rings. The molecular formula is C5H12Cl2OSi. The minimum atomic E-state index is -0.643. The molecule has 0 aliphatic carbocycles. The van der Waals surface area contributed by atoms with Gasteiger partial charge in [-0.3, -0.25) is 0 Å². The molecule has 0 rings (SSSR count).